The number of carbonyl (C=O) groups is 1. The normalized spacial score (nSPS) is 15.0. The molecule has 1 fully saturated rings. The van der Waals surface area contributed by atoms with Gasteiger partial charge in [-0.25, -0.2) is 9.97 Å². The van der Waals surface area contributed by atoms with Gasteiger partial charge in [0, 0.05) is 38.6 Å². The predicted octanol–water partition coefficient (Wildman–Crippen LogP) is 3.49. The molecule has 1 aliphatic rings. The Bertz CT molecular complexity index is 1030. The summed E-state index contributed by atoms with van der Waals surface area (Å²) in [4.78, 5) is 23.9. The van der Waals surface area contributed by atoms with E-state index < -0.39 is 0 Å². The number of anilines is 1. The number of methoxy groups -OCH3 is 1. The molecule has 1 amide bonds. The van der Waals surface area contributed by atoms with Gasteiger partial charge in [0.2, 0.25) is 5.78 Å². The molecular weight excluding hydrogens is 402 g/mol. The van der Waals surface area contributed by atoms with Crippen molar-refractivity contribution in [2.75, 3.05) is 25.1 Å². The molecule has 8 heteroatoms. The van der Waals surface area contributed by atoms with Crippen LogP contribution >= 0.6 is 11.6 Å². The lowest BCUT2D eigenvalue weighted by Gasteiger charge is -2.33. The van der Waals surface area contributed by atoms with E-state index in [1.807, 2.05) is 6.92 Å². The van der Waals surface area contributed by atoms with Crippen LogP contribution in [0.4, 0.5) is 5.69 Å². The summed E-state index contributed by atoms with van der Waals surface area (Å²) in [5.74, 6) is 0.289. The predicted molar refractivity (Wildman–Crippen MR) is 117 cm³/mol. The summed E-state index contributed by atoms with van der Waals surface area (Å²) in [6, 6.07) is 8.35. The molecule has 0 unspecified atom stereocenters. The Morgan fingerprint density at radius 2 is 2.00 bits per heavy atom. The molecule has 1 N–H and O–H groups in total. The molecule has 0 bridgehead atoms. The van der Waals surface area contributed by atoms with Gasteiger partial charge in [-0.05, 0) is 37.0 Å². The minimum absolute atomic E-state index is 0.186. The Kier molecular flexibility index (Phi) is 6.20. The second-order valence-corrected chi connectivity index (χ2v) is 7.91. The van der Waals surface area contributed by atoms with Gasteiger partial charge in [-0.15, -0.1) is 0 Å². The molecular formula is C22H26ClN5O2. The largest absolute Gasteiger partial charge is 0.381 e. The van der Waals surface area contributed by atoms with E-state index >= 15 is 0 Å². The molecule has 0 radical (unpaired) electrons. The summed E-state index contributed by atoms with van der Waals surface area (Å²) < 4.78 is 7.10. The van der Waals surface area contributed by atoms with Crippen LogP contribution in [0.25, 0.3) is 5.78 Å². The molecule has 1 aromatic carbocycles. The first kappa shape index (κ1) is 20.6. The second kappa shape index (κ2) is 9.02. The van der Waals surface area contributed by atoms with Crippen LogP contribution in [0.2, 0.25) is 5.02 Å². The molecule has 3 heterocycles. The van der Waals surface area contributed by atoms with Crippen LogP contribution in [0.5, 0.6) is 0 Å². The van der Waals surface area contributed by atoms with Crippen LogP contribution in [0.15, 0.2) is 36.7 Å². The number of nitrogens with zero attached hydrogens (tertiary/aromatic N) is 4. The summed E-state index contributed by atoms with van der Waals surface area (Å²) in [6.45, 7) is 4.40. The highest BCUT2D eigenvalue weighted by Crippen LogP contribution is 2.22. The number of hydrogen-bond donors (Lipinski definition) is 1. The highest BCUT2D eigenvalue weighted by atomic mass is 35.5. The molecule has 158 valence electrons. The zero-order chi connectivity index (χ0) is 21.1. The fourth-order valence-corrected chi connectivity index (χ4v) is 4.03. The third kappa shape index (κ3) is 4.27. The average molecular weight is 428 g/mol. The van der Waals surface area contributed by atoms with E-state index in [9.17, 15) is 4.79 Å². The third-order valence-corrected chi connectivity index (χ3v) is 5.80. The first-order valence-corrected chi connectivity index (χ1v) is 10.6. The van der Waals surface area contributed by atoms with Crippen molar-refractivity contribution in [2.24, 2.45) is 0 Å². The van der Waals surface area contributed by atoms with E-state index in [0.717, 1.165) is 31.5 Å². The topological polar surface area (TPSA) is 71.8 Å². The van der Waals surface area contributed by atoms with Gasteiger partial charge in [-0.3, -0.25) is 9.20 Å². The Balaban J connectivity index is 1.42. The standard InChI is InChI=1S/C22H26ClN5O2/c1-3-19-20(28-14-16(23)13-25-22(28)26-19)21(29)24-12-15-4-6-17(7-5-15)27-10-8-18(30-2)9-11-27/h4-7,13-14,18H,3,8-12H2,1-2H3,(H,24,29). The Hall–Kier alpha value is -2.64. The molecule has 0 aliphatic carbocycles. The van der Waals surface area contributed by atoms with Gasteiger partial charge in [-0.1, -0.05) is 30.7 Å². The van der Waals surface area contributed by atoms with E-state index in [1.165, 1.54) is 11.9 Å². The number of benzene rings is 1. The first-order chi connectivity index (χ1) is 14.6. The van der Waals surface area contributed by atoms with E-state index in [4.69, 9.17) is 16.3 Å². The number of rotatable bonds is 6. The zero-order valence-corrected chi connectivity index (χ0v) is 18.0. The number of carbonyl (C=O) groups excluding carboxylic acids is 1. The number of nitrogens with one attached hydrogen (secondary N) is 1. The van der Waals surface area contributed by atoms with Gasteiger partial charge in [-0.2, -0.15) is 0 Å². The minimum Gasteiger partial charge on any atom is -0.381 e. The van der Waals surface area contributed by atoms with Crippen molar-refractivity contribution in [1.29, 1.82) is 0 Å². The van der Waals surface area contributed by atoms with Crippen LogP contribution in [-0.2, 0) is 17.7 Å². The maximum absolute atomic E-state index is 12.9. The Morgan fingerprint density at radius 1 is 1.27 bits per heavy atom. The van der Waals surface area contributed by atoms with Crippen LogP contribution < -0.4 is 10.2 Å². The summed E-state index contributed by atoms with van der Waals surface area (Å²) >= 11 is 6.06. The zero-order valence-electron chi connectivity index (χ0n) is 17.3. The van der Waals surface area contributed by atoms with Crippen LogP contribution in [-0.4, -0.2) is 46.6 Å². The number of imidazole rings is 1. The van der Waals surface area contributed by atoms with Gasteiger partial charge in [0.25, 0.3) is 5.91 Å². The Morgan fingerprint density at radius 3 is 2.67 bits per heavy atom. The molecule has 7 nitrogen and oxygen atoms in total. The number of halogens is 1. The second-order valence-electron chi connectivity index (χ2n) is 7.47. The van der Waals surface area contributed by atoms with Gasteiger partial charge in [0.05, 0.1) is 23.0 Å². The molecule has 0 spiro atoms. The van der Waals surface area contributed by atoms with Crippen molar-refractivity contribution in [2.45, 2.75) is 38.8 Å². The SMILES string of the molecule is CCc1nc2ncc(Cl)cn2c1C(=O)NCc1ccc(N2CCC(OC)CC2)cc1. The van der Waals surface area contributed by atoms with E-state index in [0.29, 0.717) is 41.3 Å². The number of fused-ring (bicyclic) bond motifs is 1. The maximum atomic E-state index is 12.9. The summed E-state index contributed by atoms with van der Waals surface area (Å²) in [7, 11) is 1.78. The van der Waals surface area contributed by atoms with Gasteiger partial charge in [0.1, 0.15) is 5.69 Å². The average Bonchev–Trinajstić information content (AvgIpc) is 3.15. The summed E-state index contributed by atoms with van der Waals surface area (Å²) in [5, 5.41) is 3.46. The number of hydrogen-bond acceptors (Lipinski definition) is 5. The Labute approximate surface area is 181 Å². The lowest BCUT2D eigenvalue weighted by molar-refractivity contribution is 0.0819. The molecule has 0 atom stereocenters. The number of aromatic nitrogens is 3. The lowest BCUT2D eigenvalue weighted by atomic mass is 10.1. The fraction of sp³-hybridized carbons (Fsp3) is 0.409. The summed E-state index contributed by atoms with van der Waals surface area (Å²) in [5.41, 5.74) is 3.44. The highest BCUT2D eigenvalue weighted by molar-refractivity contribution is 6.30. The van der Waals surface area contributed by atoms with E-state index in [-0.39, 0.29) is 5.91 Å². The third-order valence-electron chi connectivity index (χ3n) is 5.60. The monoisotopic (exact) mass is 427 g/mol. The minimum atomic E-state index is -0.186. The van der Waals surface area contributed by atoms with Crippen LogP contribution in [0.3, 0.4) is 0 Å². The maximum Gasteiger partial charge on any atom is 0.270 e. The van der Waals surface area contributed by atoms with Crippen molar-refractivity contribution in [3.05, 3.63) is 58.6 Å². The van der Waals surface area contributed by atoms with Crippen molar-refractivity contribution in [3.63, 3.8) is 0 Å². The molecule has 30 heavy (non-hydrogen) atoms. The number of amides is 1. The molecule has 3 aromatic rings. The molecule has 1 saturated heterocycles. The lowest BCUT2D eigenvalue weighted by Crippen LogP contribution is -2.36. The quantitative estimate of drug-likeness (QED) is 0.652. The molecule has 1 aliphatic heterocycles. The molecule has 0 saturated carbocycles. The van der Waals surface area contributed by atoms with Crippen molar-refractivity contribution in [1.82, 2.24) is 19.7 Å². The number of ether oxygens (including phenoxy) is 1. The number of aryl methyl sites for hydroxylation is 1. The fourth-order valence-electron chi connectivity index (χ4n) is 3.88. The molecule has 2 aromatic heterocycles. The van der Waals surface area contributed by atoms with Crippen molar-refractivity contribution < 1.29 is 9.53 Å². The summed E-state index contributed by atoms with van der Waals surface area (Å²) in [6.07, 6.45) is 6.31. The van der Waals surface area contributed by atoms with Gasteiger partial charge < -0.3 is 15.0 Å². The first-order valence-electron chi connectivity index (χ1n) is 10.3. The van der Waals surface area contributed by atoms with Crippen LogP contribution in [0.1, 0.15) is 41.5 Å². The van der Waals surface area contributed by atoms with Crippen molar-refractivity contribution in [3.8, 4) is 0 Å². The van der Waals surface area contributed by atoms with Crippen LogP contribution in [0, 0.1) is 0 Å². The number of piperidine rings is 1. The smallest absolute Gasteiger partial charge is 0.270 e. The highest BCUT2D eigenvalue weighted by Gasteiger charge is 2.20. The molecule has 4 rings (SSSR count). The van der Waals surface area contributed by atoms with Crippen molar-refractivity contribution >= 4 is 29.0 Å². The van der Waals surface area contributed by atoms with E-state index in [2.05, 4.69) is 44.5 Å². The van der Waals surface area contributed by atoms with Gasteiger partial charge >= 0.3 is 0 Å². The van der Waals surface area contributed by atoms with Gasteiger partial charge in [0.15, 0.2) is 0 Å². The van der Waals surface area contributed by atoms with E-state index in [1.54, 1.807) is 17.7 Å².